The van der Waals surface area contributed by atoms with Crippen molar-refractivity contribution >= 4 is 21.4 Å². The molecule has 2 aromatic rings. The van der Waals surface area contributed by atoms with Crippen LogP contribution in [-0.4, -0.2) is 30.8 Å². The Morgan fingerprint density at radius 3 is 2.10 bits per heavy atom. The third-order valence-electron chi connectivity index (χ3n) is 5.15. The monoisotopic (exact) mass is 445 g/mol. The summed E-state index contributed by atoms with van der Waals surface area (Å²) in [6.07, 6.45) is 0.259. The molecule has 2 aromatic carbocycles. The fourth-order valence-corrected chi connectivity index (χ4v) is 5.34. The highest BCUT2D eigenvalue weighted by molar-refractivity contribution is 7.92. The number of amides is 1. The molecule has 162 valence electrons. The smallest absolute Gasteiger partial charge is 0.255 e. The number of nitrogens with one attached hydrogen (secondary N) is 1. The summed E-state index contributed by atoms with van der Waals surface area (Å²) in [7, 11) is -4.12. The van der Waals surface area contributed by atoms with Gasteiger partial charge in [-0.05, 0) is 50.3 Å². The average Bonchev–Trinajstić information content (AvgIpc) is 2.66. The predicted molar refractivity (Wildman–Crippen MR) is 101 cm³/mol. The van der Waals surface area contributed by atoms with Crippen molar-refractivity contribution in [2.45, 2.75) is 48.9 Å². The average molecular weight is 445 g/mol. The predicted octanol–water partition coefficient (Wildman–Crippen LogP) is 3.88. The molecule has 1 amide bonds. The van der Waals surface area contributed by atoms with Crippen molar-refractivity contribution in [1.29, 1.82) is 0 Å². The number of benzene rings is 2. The van der Waals surface area contributed by atoms with E-state index in [1.165, 1.54) is 6.92 Å². The molecule has 30 heavy (non-hydrogen) atoms. The fraction of sp³-hybridized carbons (Fsp3) is 0.350. The van der Waals surface area contributed by atoms with E-state index in [9.17, 15) is 35.9 Å². The lowest BCUT2D eigenvalue weighted by atomic mass is 9.97. The Bertz CT molecular complexity index is 1070. The zero-order valence-electron chi connectivity index (χ0n) is 15.9. The van der Waals surface area contributed by atoms with Gasteiger partial charge in [0.1, 0.15) is 10.7 Å². The van der Waals surface area contributed by atoms with Crippen molar-refractivity contribution in [2.24, 2.45) is 0 Å². The number of sulfone groups is 1. The second-order valence-corrected chi connectivity index (χ2v) is 9.48. The van der Waals surface area contributed by atoms with Crippen LogP contribution in [0.2, 0.25) is 0 Å². The summed E-state index contributed by atoms with van der Waals surface area (Å²) in [5, 5.41) is 10.8. The number of aliphatic hydroxyl groups is 1. The van der Waals surface area contributed by atoms with Gasteiger partial charge in [-0.2, -0.15) is 0 Å². The summed E-state index contributed by atoms with van der Waals surface area (Å²) in [5.74, 6) is -6.67. The van der Waals surface area contributed by atoms with Gasteiger partial charge in [-0.15, -0.1) is 0 Å². The van der Waals surface area contributed by atoms with Crippen molar-refractivity contribution in [2.75, 3.05) is 5.32 Å². The van der Waals surface area contributed by atoms with Crippen LogP contribution in [0.1, 0.15) is 41.6 Å². The van der Waals surface area contributed by atoms with Crippen LogP contribution in [0.25, 0.3) is 0 Å². The second kappa shape index (κ2) is 8.35. The first-order chi connectivity index (χ1) is 14.0. The van der Waals surface area contributed by atoms with E-state index < -0.39 is 55.3 Å². The van der Waals surface area contributed by atoms with Crippen molar-refractivity contribution in [3.05, 3.63) is 58.7 Å². The molecule has 1 aliphatic rings. The SMILES string of the molecule is Cc1cc(F)c(S(=O)(=O)C2CCC(O)CC2)cc1C(=O)Nc1cc(F)c(F)c(F)c1. The Labute approximate surface area is 170 Å². The van der Waals surface area contributed by atoms with Crippen molar-refractivity contribution < 1.29 is 35.9 Å². The van der Waals surface area contributed by atoms with Gasteiger partial charge in [0.05, 0.1) is 11.4 Å². The quantitative estimate of drug-likeness (QED) is 0.553. The van der Waals surface area contributed by atoms with E-state index in [4.69, 9.17) is 0 Å². The third-order valence-corrected chi connectivity index (χ3v) is 7.43. The molecule has 2 N–H and O–H groups in total. The minimum Gasteiger partial charge on any atom is -0.393 e. The Kier molecular flexibility index (Phi) is 6.19. The summed E-state index contributed by atoms with van der Waals surface area (Å²) >= 11 is 0. The van der Waals surface area contributed by atoms with Gasteiger partial charge in [0, 0.05) is 23.4 Å². The zero-order chi connectivity index (χ0) is 22.2. The lowest BCUT2D eigenvalue weighted by molar-refractivity contribution is 0.102. The van der Waals surface area contributed by atoms with E-state index in [0.717, 1.165) is 12.1 Å². The molecule has 0 radical (unpaired) electrons. The number of rotatable bonds is 4. The summed E-state index contributed by atoms with van der Waals surface area (Å²) in [5.41, 5.74) is -0.493. The molecule has 1 fully saturated rings. The van der Waals surface area contributed by atoms with Gasteiger partial charge in [-0.25, -0.2) is 26.0 Å². The van der Waals surface area contributed by atoms with E-state index >= 15 is 0 Å². The van der Waals surface area contributed by atoms with Gasteiger partial charge in [-0.3, -0.25) is 4.79 Å². The number of hydrogen-bond acceptors (Lipinski definition) is 4. The maximum Gasteiger partial charge on any atom is 0.255 e. The first kappa shape index (κ1) is 22.2. The molecule has 0 aromatic heterocycles. The number of carbonyl (C=O) groups is 1. The van der Waals surface area contributed by atoms with Crippen LogP contribution in [0.5, 0.6) is 0 Å². The number of aryl methyl sites for hydroxylation is 1. The molecule has 0 spiro atoms. The van der Waals surface area contributed by atoms with E-state index in [-0.39, 0.29) is 42.5 Å². The fourth-order valence-electron chi connectivity index (χ4n) is 3.48. The Hall–Kier alpha value is -2.46. The second-order valence-electron chi connectivity index (χ2n) is 7.28. The number of aliphatic hydroxyl groups excluding tert-OH is 1. The van der Waals surface area contributed by atoms with Gasteiger partial charge < -0.3 is 10.4 Å². The molecule has 1 saturated carbocycles. The first-order valence-electron chi connectivity index (χ1n) is 9.18. The molecule has 5 nitrogen and oxygen atoms in total. The van der Waals surface area contributed by atoms with Crippen LogP contribution in [0.15, 0.2) is 29.2 Å². The molecule has 1 aliphatic carbocycles. The number of halogens is 4. The molecular weight excluding hydrogens is 426 g/mol. The van der Waals surface area contributed by atoms with Crippen molar-refractivity contribution in [3.8, 4) is 0 Å². The highest BCUT2D eigenvalue weighted by Crippen LogP contribution is 2.31. The van der Waals surface area contributed by atoms with Crippen LogP contribution in [-0.2, 0) is 9.84 Å². The van der Waals surface area contributed by atoms with E-state index in [1.807, 2.05) is 0 Å². The minimum atomic E-state index is -4.12. The van der Waals surface area contributed by atoms with Gasteiger partial charge in [-0.1, -0.05) is 0 Å². The molecule has 0 unspecified atom stereocenters. The molecule has 3 rings (SSSR count). The maximum absolute atomic E-state index is 14.5. The summed E-state index contributed by atoms with van der Waals surface area (Å²) < 4.78 is 80.1. The van der Waals surface area contributed by atoms with E-state index in [2.05, 4.69) is 5.32 Å². The molecular formula is C20H19F4NO4S. The Morgan fingerprint density at radius 1 is 0.967 bits per heavy atom. The van der Waals surface area contributed by atoms with Gasteiger partial charge >= 0.3 is 0 Å². The lowest BCUT2D eigenvalue weighted by Crippen LogP contribution is -2.30. The van der Waals surface area contributed by atoms with Crippen LogP contribution in [0, 0.1) is 30.2 Å². The maximum atomic E-state index is 14.5. The summed E-state index contributed by atoms with van der Waals surface area (Å²) in [4.78, 5) is 11.9. The molecule has 0 heterocycles. The van der Waals surface area contributed by atoms with Crippen LogP contribution < -0.4 is 5.32 Å². The molecule has 0 bridgehead atoms. The number of anilines is 1. The van der Waals surface area contributed by atoms with Crippen molar-refractivity contribution in [1.82, 2.24) is 0 Å². The van der Waals surface area contributed by atoms with Crippen LogP contribution >= 0.6 is 0 Å². The molecule has 0 aliphatic heterocycles. The largest absolute Gasteiger partial charge is 0.393 e. The standard InChI is InChI=1S/C20H19F4NO4S/c1-10-6-15(21)18(30(28,29)13-4-2-12(26)3-5-13)9-14(10)20(27)25-11-7-16(22)19(24)17(23)8-11/h6-9,12-13,26H,2-5H2,1H3,(H,25,27). The minimum absolute atomic E-state index is 0.103. The topological polar surface area (TPSA) is 83.5 Å². The highest BCUT2D eigenvalue weighted by atomic mass is 32.2. The van der Waals surface area contributed by atoms with Gasteiger partial charge in [0.15, 0.2) is 27.3 Å². The molecule has 10 heteroatoms. The third kappa shape index (κ3) is 4.34. The highest BCUT2D eigenvalue weighted by Gasteiger charge is 2.34. The summed E-state index contributed by atoms with van der Waals surface area (Å²) in [6.45, 7) is 1.37. The molecule has 0 saturated heterocycles. The van der Waals surface area contributed by atoms with Gasteiger partial charge in [0.25, 0.3) is 5.91 Å². The van der Waals surface area contributed by atoms with Crippen molar-refractivity contribution in [3.63, 3.8) is 0 Å². The van der Waals surface area contributed by atoms with E-state index in [0.29, 0.717) is 12.1 Å². The van der Waals surface area contributed by atoms with E-state index in [1.54, 1.807) is 0 Å². The van der Waals surface area contributed by atoms with Crippen LogP contribution in [0.4, 0.5) is 23.2 Å². The normalized spacial score (nSPS) is 19.5. The van der Waals surface area contributed by atoms with Crippen LogP contribution in [0.3, 0.4) is 0 Å². The Morgan fingerprint density at radius 2 is 1.53 bits per heavy atom. The Balaban J connectivity index is 1.94. The zero-order valence-corrected chi connectivity index (χ0v) is 16.7. The number of carbonyl (C=O) groups excluding carboxylic acids is 1. The lowest BCUT2D eigenvalue weighted by Gasteiger charge is -2.25. The van der Waals surface area contributed by atoms with Gasteiger partial charge in [0.2, 0.25) is 0 Å². The molecule has 0 atom stereocenters. The summed E-state index contributed by atoms with van der Waals surface area (Å²) in [6, 6.07) is 2.92. The number of hydrogen-bond donors (Lipinski definition) is 2. The first-order valence-corrected chi connectivity index (χ1v) is 10.7.